The fourth-order valence-electron chi connectivity index (χ4n) is 3.03. The Kier molecular flexibility index (Phi) is 4.44. The highest BCUT2D eigenvalue weighted by Gasteiger charge is 2.28. The number of aliphatic hydroxyl groups is 1. The Bertz CT molecular complexity index is 328. The molecular formula is C12H23NO3S. The predicted molar refractivity (Wildman–Crippen MR) is 67.6 cm³/mol. The normalized spacial score (nSPS) is 34.6. The van der Waals surface area contributed by atoms with E-state index < -0.39 is 9.84 Å². The molecule has 0 spiro atoms. The van der Waals surface area contributed by atoms with Crippen LogP contribution in [0.25, 0.3) is 0 Å². The molecule has 0 radical (unpaired) electrons. The van der Waals surface area contributed by atoms with E-state index in [-0.39, 0.29) is 6.61 Å². The Morgan fingerprint density at radius 1 is 1.06 bits per heavy atom. The zero-order chi connectivity index (χ0) is 12.3. The van der Waals surface area contributed by atoms with E-state index in [4.69, 9.17) is 0 Å². The van der Waals surface area contributed by atoms with Crippen LogP contribution in [0.5, 0.6) is 0 Å². The van der Waals surface area contributed by atoms with E-state index in [1.54, 1.807) is 0 Å². The lowest BCUT2D eigenvalue weighted by molar-refractivity contribution is 0.102. The van der Waals surface area contributed by atoms with Gasteiger partial charge in [0.1, 0.15) is 0 Å². The van der Waals surface area contributed by atoms with Crippen molar-refractivity contribution in [3.63, 3.8) is 0 Å². The van der Waals surface area contributed by atoms with Crippen molar-refractivity contribution in [3.8, 4) is 0 Å². The summed E-state index contributed by atoms with van der Waals surface area (Å²) in [4.78, 5) is 2.26. The van der Waals surface area contributed by atoms with Gasteiger partial charge in [-0.15, -0.1) is 0 Å². The molecule has 2 fully saturated rings. The molecule has 17 heavy (non-hydrogen) atoms. The summed E-state index contributed by atoms with van der Waals surface area (Å²) >= 11 is 0. The minimum absolute atomic E-state index is 0.288. The molecule has 1 N–H and O–H groups in total. The molecular weight excluding hydrogens is 238 g/mol. The molecule has 100 valence electrons. The Hall–Kier alpha value is -0.130. The van der Waals surface area contributed by atoms with E-state index in [9.17, 15) is 13.5 Å². The monoisotopic (exact) mass is 261 g/mol. The minimum atomic E-state index is -2.77. The third-order valence-electron chi connectivity index (χ3n) is 4.23. The van der Waals surface area contributed by atoms with E-state index >= 15 is 0 Å². The van der Waals surface area contributed by atoms with E-state index in [1.807, 2.05) is 0 Å². The molecule has 1 aliphatic carbocycles. The summed E-state index contributed by atoms with van der Waals surface area (Å²) in [5.74, 6) is 1.62. The van der Waals surface area contributed by atoms with Gasteiger partial charge in [-0.05, 0) is 24.7 Å². The second-order valence-electron chi connectivity index (χ2n) is 5.44. The molecule has 2 atom stereocenters. The number of hydrogen-bond acceptors (Lipinski definition) is 4. The minimum Gasteiger partial charge on any atom is -0.396 e. The first-order valence-electron chi connectivity index (χ1n) is 6.64. The van der Waals surface area contributed by atoms with E-state index in [0.29, 0.717) is 36.4 Å². The van der Waals surface area contributed by atoms with Crippen LogP contribution in [-0.4, -0.2) is 56.2 Å². The molecule has 0 bridgehead atoms. The highest BCUT2D eigenvalue weighted by atomic mass is 32.2. The number of aliphatic hydroxyl groups excluding tert-OH is 1. The summed E-state index contributed by atoms with van der Waals surface area (Å²) in [5, 5.41) is 9.36. The third-order valence-corrected chi connectivity index (χ3v) is 5.84. The summed E-state index contributed by atoms with van der Waals surface area (Å²) in [6, 6.07) is 0. The van der Waals surface area contributed by atoms with Crippen LogP contribution in [0, 0.1) is 11.8 Å². The largest absolute Gasteiger partial charge is 0.396 e. The molecule has 2 rings (SSSR count). The Labute approximate surface area is 104 Å². The maximum absolute atomic E-state index is 11.3. The van der Waals surface area contributed by atoms with Gasteiger partial charge in [0.2, 0.25) is 0 Å². The number of nitrogens with zero attached hydrogens (tertiary/aromatic N) is 1. The number of hydrogen-bond donors (Lipinski definition) is 1. The molecule has 1 heterocycles. The van der Waals surface area contributed by atoms with Crippen molar-refractivity contribution in [1.29, 1.82) is 0 Å². The smallest absolute Gasteiger partial charge is 0.152 e. The fraction of sp³-hybridized carbons (Fsp3) is 1.00. The van der Waals surface area contributed by atoms with Crippen molar-refractivity contribution < 1.29 is 13.5 Å². The van der Waals surface area contributed by atoms with Crippen molar-refractivity contribution in [3.05, 3.63) is 0 Å². The van der Waals surface area contributed by atoms with Gasteiger partial charge in [0.05, 0.1) is 11.5 Å². The van der Waals surface area contributed by atoms with Crippen LogP contribution < -0.4 is 0 Å². The third kappa shape index (κ3) is 3.66. The van der Waals surface area contributed by atoms with Gasteiger partial charge in [0.15, 0.2) is 9.84 Å². The fourth-order valence-corrected chi connectivity index (χ4v) is 4.31. The SMILES string of the molecule is O=S1(=O)CCN(CC2CCCCC2CO)CC1. The molecule has 1 aliphatic heterocycles. The van der Waals surface area contributed by atoms with E-state index in [2.05, 4.69) is 4.90 Å². The van der Waals surface area contributed by atoms with Crippen molar-refractivity contribution >= 4 is 9.84 Å². The summed E-state index contributed by atoms with van der Waals surface area (Å²) in [6.07, 6.45) is 4.81. The summed E-state index contributed by atoms with van der Waals surface area (Å²) < 4.78 is 22.7. The van der Waals surface area contributed by atoms with Gasteiger partial charge in [-0.1, -0.05) is 12.8 Å². The lowest BCUT2D eigenvalue weighted by Crippen LogP contribution is -2.44. The van der Waals surface area contributed by atoms with Gasteiger partial charge in [0, 0.05) is 26.2 Å². The van der Waals surface area contributed by atoms with Crippen LogP contribution in [0.2, 0.25) is 0 Å². The molecule has 5 heteroatoms. The highest BCUT2D eigenvalue weighted by molar-refractivity contribution is 7.91. The van der Waals surface area contributed by atoms with Crippen molar-refractivity contribution in [2.24, 2.45) is 11.8 Å². The summed E-state index contributed by atoms with van der Waals surface area (Å²) in [6.45, 7) is 2.62. The first-order chi connectivity index (χ1) is 8.11. The second kappa shape index (κ2) is 5.67. The van der Waals surface area contributed by atoms with Gasteiger partial charge in [0.25, 0.3) is 0 Å². The molecule has 0 aromatic carbocycles. The van der Waals surface area contributed by atoms with Crippen LogP contribution in [0.3, 0.4) is 0 Å². The molecule has 1 saturated heterocycles. The highest BCUT2D eigenvalue weighted by Crippen LogP contribution is 2.30. The second-order valence-corrected chi connectivity index (χ2v) is 7.74. The molecule has 0 amide bonds. The van der Waals surface area contributed by atoms with Gasteiger partial charge in [-0.25, -0.2) is 8.42 Å². The molecule has 1 saturated carbocycles. The Balaban J connectivity index is 1.84. The lowest BCUT2D eigenvalue weighted by atomic mass is 9.79. The quantitative estimate of drug-likeness (QED) is 0.804. The first-order valence-corrected chi connectivity index (χ1v) is 8.46. The van der Waals surface area contributed by atoms with Crippen molar-refractivity contribution in [2.75, 3.05) is 37.7 Å². The average molecular weight is 261 g/mol. The molecule has 0 aromatic heterocycles. The molecule has 2 aliphatic rings. The van der Waals surface area contributed by atoms with Crippen LogP contribution >= 0.6 is 0 Å². The van der Waals surface area contributed by atoms with E-state index in [0.717, 1.165) is 13.0 Å². The maximum atomic E-state index is 11.3. The van der Waals surface area contributed by atoms with Gasteiger partial charge < -0.3 is 10.0 Å². The Morgan fingerprint density at radius 3 is 2.24 bits per heavy atom. The van der Waals surface area contributed by atoms with Gasteiger partial charge in [-0.2, -0.15) is 0 Å². The standard InChI is InChI=1S/C12H23NO3S/c14-10-12-4-2-1-3-11(12)9-13-5-7-17(15,16)8-6-13/h11-12,14H,1-10H2. The van der Waals surface area contributed by atoms with Crippen LogP contribution in [0.15, 0.2) is 0 Å². The first kappa shape index (κ1) is 13.3. The van der Waals surface area contributed by atoms with Crippen LogP contribution in [0.1, 0.15) is 25.7 Å². The molecule has 4 nitrogen and oxygen atoms in total. The zero-order valence-corrected chi connectivity index (χ0v) is 11.2. The van der Waals surface area contributed by atoms with Gasteiger partial charge >= 0.3 is 0 Å². The topological polar surface area (TPSA) is 57.6 Å². The summed E-state index contributed by atoms with van der Waals surface area (Å²) in [5.41, 5.74) is 0. The average Bonchev–Trinajstić information content (AvgIpc) is 2.32. The number of sulfone groups is 1. The van der Waals surface area contributed by atoms with E-state index in [1.165, 1.54) is 19.3 Å². The predicted octanol–water partition coefficient (Wildman–Crippen LogP) is 0.515. The van der Waals surface area contributed by atoms with Crippen molar-refractivity contribution in [1.82, 2.24) is 4.90 Å². The molecule has 0 aromatic rings. The van der Waals surface area contributed by atoms with Crippen LogP contribution in [0.4, 0.5) is 0 Å². The zero-order valence-electron chi connectivity index (χ0n) is 10.3. The maximum Gasteiger partial charge on any atom is 0.152 e. The van der Waals surface area contributed by atoms with Crippen molar-refractivity contribution in [2.45, 2.75) is 25.7 Å². The van der Waals surface area contributed by atoms with Crippen LogP contribution in [-0.2, 0) is 9.84 Å². The molecule has 2 unspecified atom stereocenters. The Morgan fingerprint density at radius 2 is 1.65 bits per heavy atom. The summed E-state index contributed by atoms with van der Waals surface area (Å²) in [7, 11) is -2.77. The lowest BCUT2D eigenvalue weighted by Gasteiger charge is -2.36. The van der Waals surface area contributed by atoms with Gasteiger partial charge in [-0.3, -0.25) is 0 Å². The number of rotatable bonds is 3.